The number of hydrogen-bond donors (Lipinski definition) is 1. The first-order valence-electron chi connectivity index (χ1n) is 11.6. The number of thioether (sulfide) groups is 1. The third-order valence-electron chi connectivity index (χ3n) is 7.39. The van der Waals surface area contributed by atoms with Gasteiger partial charge in [-0.1, -0.05) is 75.4 Å². The number of hydrogen-bond acceptors (Lipinski definition) is 2. The summed E-state index contributed by atoms with van der Waals surface area (Å²) in [6, 6.07) is 18.1. The maximum atomic E-state index is 6.69. The van der Waals surface area contributed by atoms with Crippen molar-refractivity contribution in [3.05, 3.63) is 94.2 Å². The van der Waals surface area contributed by atoms with E-state index in [-0.39, 0.29) is 10.2 Å². The number of allylic oxidation sites excluding steroid dienone is 5. The zero-order valence-electron chi connectivity index (χ0n) is 19.2. The van der Waals surface area contributed by atoms with Gasteiger partial charge in [-0.05, 0) is 77.5 Å². The van der Waals surface area contributed by atoms with Gasteiger partial charge in [0.2, 0.25) is 0 Å². The largest absolute Gasteiger partial charge is 0.402 e. The quantitative estimate of drug-likeness (QED) is 0.530. The molecule has 1 heterocycles. The van der Waals surface area contributed by atoms with Crippen molar-refractivity contribution in [3.8, 4) is 0 Å². The van der Waals surface area contributed by atoms with E-state index >= 15 is 0 Å². The van der Waals surface area contributed by atoms with Gasteiger partial charge in [-0.15, -0.1) is 11.8 Å². The fourth-order valence-corrected chi connectivity index (χ4v) is 7.34. The number of fused-ring (bicyclic) bond motifs is 3. The fraction of sp³-hybridized carbons (Fsp3) is 0.379. The zero-order chi connectivity index (χ0) is 21.8. The van der Waals surface area contributed by atoms with Gasteiger partial charge in [0.05, 0.1) is 4.75 Å². The molecule has 2 N–H and O–H groups in total. The van der Waals surface area contributed by atoms with Gasteiger partial charge >= 0.3 is 0 Å². The highest BCUT2D eigenvalue weighted by Gasteiger charge is 2.49. The van der Waals surface area contributed by atoms with E-state index in [2.05, 4.69) is 88.4 Å². The van der Waals surface area contributed by atoms with Crippen molar-refractivity contribution in [2.75, 3.05) is 0 Å². The Kier molecular flexibility index (Phi) is 4.97. The Balaban J connectivity index is 1.46. The lowest BCUT2D eigenvalue weighted by molar-refractivity contribution is 0.498. The van der Waals surface area contributed by atoms with E-state index < -0.39 is 0 Å². The first kappa shape index (κ1) is 20.7. The minimum atomic E-state index is 0.0531. The Morgan fingerprint density at radius 3 is 2.26 bits per heavy atom. The topological polar surface area (TPSA) is 26.0 Å². The molecule has 1 nitrogen and oxygen atoms in total. The van der Waals surface area contributed by atoms with Crippen LogP contribution in [0, 0.1) is 0 Å². The zero-order valence-corrected chi connectivity index (χ0v) is 20.0. The van der Waals surface area contributed by atoms with Crippen LogP contribution in [0.5, 0.6) is 0 Å². The van der Waals surface area contributed by atoms with Crippen molar-refractivity contribution in [2.24, 2.45) is 5.73 Å². The molecule has 0 spiro atoms. The minimum Gasteiger partial charge on any atom is -0.402 e. The fourth-order valence-electron chi connectivity index (χ4n) is 5.65. The summed E-state index contributed by atoms with van der Waals surface area (Å²) < 4.78 is 0.0531. The van der Waals surface area contributed by atoms with E-state index in [0.29, 0.717) is 5.92 Å². The molecule has 2 aromatic carbocycles. The molecule has 0 fully saturated rings. The van der Waals surface area contributed by atoms with Crippen molar-refractivity contribution < 1.29 is 0 Å². The van der Waals surface area contributed by atoms with Crippen LogP contribution in [0.2, 0.25) is 0 Å². The molecule has 0 aromatic heterocycles. The summed E-state index contributed by atoms with van der Waals surface area (Å²) >= 11 is 2.03. The summed E-state index contributed by atoms with van der Waals surface area (Å²) in [6.45, 7) is 9.24. The van der Waals surface area contributed by atoms with Crippen LogP contribution in [0.4, 0.5) is 0 Å². The maximum absolute atomic E-state index is 6.69. The van der Waals surface area contributed by atoms with Gasteiger partial charge in [0.15, 0.2) is 0 Å². The van der Waals surface area contributed by atoms with Crippen LogP contribution in [0.3, 0.4) is 0 Å². The molecule has 0 saturated heterocycles. The summed E-state index contributed by atoms with van der Waals surface area (Å²) in [6.07, 6.45) is 9.01. The lowest BCUT2D eigenvalue weighted by Crippen LogP contribution is -2.35. The molecule has 160 valence electrons. The first-order chi connectivity index (χ1) is 14.8. The third kappa shape index (κ3) is 3.49. The lowest BCUT2D eigenvalue weighted by atomic mass is 9.70. The highest BCUT2D eigenvalue weighted by molar-refractivity contribution is 8.01. The molecule has 0 radical (unpaired) electrons. The molecule has 0 bridgehead atoms. The second-order valence-electron chi connectivity index (χ2n) is 10.4. The molecular formula is C29H33NS. The summed E-state index contributed by atoms with van der Waals surface area (Å²) in [4.78, 5) is 1.44. The van der Waals surface area contributed by atoms with E-state index in [0.717, 1.165) is 31.4 Å². The monoisotopic (exact) mass is 427 g/mol. The van der Waals surface area contributed by atoms with Crippen LogP contribution in [-0.4, -0.2) is 4.75 Å². The molecule has 2 atom stereocenters. The van der Waals surface area contributed by atoms with Gasteiger partial charge in [-0.2, -0.15) is 0 Å². The number of rotatable bonds is 2. The predicted octanol–water partition coefficient (Wildman–Crippen LogP) is 7.74. The van der Waals surface area contributed by atoms with Gasteiger partial charge in [0.1, 0.15) is 0 Å². The van der Waals surface area contributed by atoms with Crippen molar-refractivity contribution in [3.63, 3.8) is 0 Å². The summed E-state index contributed by atoms with van der Waals surface area (Å²) in [5, 5.41) is 0. The molecule has 2 unspecified atom stereocenters. The predicted molar refractivity (Wildman–Crippen MR) is 134 cm³/mol. The van der Waals surface area contributed by atoms with Crippen LogP contribution in [0.1, 0.15) is 76.0 Å². The Morgan fingerprint density at radius 1 is 0.903 bits per heavy atom. The van der Waals surface area contributed by atoms with Gasteiger partial charge in [-0.3, -0.25) is 0 Å². The number of benzene rings is 2. The van der Waals surface area contributed by atoms with Crippen LogP contribution in [0.15, 0.2) is 82.4 Å². The normalized spacial score (nSPS) is 25.6. The SMILES string of the molecule is CC(C)(C)c1ccc(C2=CC=C(C3=C(N)CCC4c5ccccc5SC34C)CC2)cc1. The molecule has 2 aliphatic carbocycles. The lowest BCUT2D eigenvalue weighted by Gasteiger charge is -2.40. The van der Waals surface area contributed by atoms with Crippen LogP contribution in [-0.2, 0) is 5.41 Å². The van der Waals surface area contributed by atoms with E-state index in [1.54, 1.807) is 0 Å². The molecule has 3 aliphatic rings. The van der Waals surface area contributed by atoms with E-state index in [1.807, 2.05) is 11.8 Å². The number of nitrogens with two attached hydrogens (primary N) is 1. The van der Waals surface area contributed by atoms with E-state index in [9.17, 15) is 0 Å². The molecule has 2 aromatic rings. The van der Waals surface area contributed by atoms with Crippen molar-refractivity contribution in [2.45, 2.75) is 74.4 Å². The smallest absolute Gasteiger partial charge is 0.0515 e. The van der Waals surface area contributed by atoms with Crippen molar-refractivity contribution in [1.29, 1.82) is 0 Å². The van der Waals surface area contributed by atoms with Gasteiger partial charge in [0, 0.05) is 16.5 Å². The second kappa shape index (κ2) is 7.45. The Bertz CT molecular complexity index is 1110. The van der Waals surface area contributed by atoms with Crippen LogP contribution >= 0.6 is 11.8 Å². The van der Waals surface area contributed by atoms with Crippen molar-refractivity contribution in [1.82, 2.24) is 0 Å². The minimum absolute atomic E-state index is 0.0531. The highest BCUT2D eigenvalue weighted by atomic mass is 32.2. The molecule has 2 heteroatoms. The van der Waals surface area contributed by atoms with Gasteiger partial charge < -0.3 is 5.73 Å². The molecule has 0 amide bonds. The van der Waals surface area contributed by atoms with Crippen LogP contribution < -0.4 is 5.73 Å². The Labute approximate surface area is 191 Å². The summed E-state index contributed by atoms with van der Waals surface area (Å²) in [5.41, 5.74) is 16.6. The molecule has 5 rings (SSSR count). The molecule has 1 aliphatic heterocycles. The molecule has 0 saturated carbocycles. The first-order valence-corrected chi connectivity index (χ1v) is 12.4. The third-order valence-corrected chi connectivity index (χ3v) is 8.90. The highest BCUT2D eigenvalue weighted by Crippen LogP contribution is 2.62. The Hall–Kier alpha value is -2.19. The second-order valence-corrected chi connectivity index (χ2v) is 11.9. The van der Waals surface area contributed by atoms with E-state index in [1.165, 1.54) is 38.3 Å². The summed E-state index contributed by atoms with van der Waals surface area (Å²) in [7, 11) is 0. The molecule has 31 heavy (non-hydrogen) atoms. The summed E-state index contributed by atoms with van der Waals surface area (Å²) in [5.74, 6) is 0.562. The van der Waals surface area contributed by atoms with E-state index in [4.69, 9.17) is 5.73 Å². The maximum Gasteiger partial charge on any atom is 0.0515 e. The van der Waals surface area contributed by atoms with Gasteiger partial charge in [-0.25, -0.2) is 0 Å². The molecular weight excluding hydrogens is 394 g/mol. The average molecular weight is 428 g/mol. The standard InChI is InChI=1S/C29H33NS/c1-28(2,3)22-15-13-20(14-16-22)19-9-11-21(12-10-19)27-25(30)18-17-24-23-7-5-6-8-26(23)31-29(24,27)4/h5-9,11,13-16,24H,10,12,17-18,30H2,1-4H3. The van der Waals surface area contributed by atoms with Gasteiger partial charge in [0.25, 0.3) is 0 Å². The van der Waals surface area contributed by atoms with Crippen molar-refractivity contribution >= 4 is 17.3 Å². The average Bonchev–Trinajstić information content (AvgIpc) is 3.05. The van der Waals surface area contributed by atoms with Crippen LogP contribution in [0.25, 0.3) is 5.57 Å². The Morgan fingerprint density at radius 2 is 1.58 bits per heavy atom.